The molecule has 0 unspecified atom stereocenters. The first kappa shape index (κ1) is 21.6. The normalized spacial score (nSPS) is 15.1. The van der Waals surface area contributed by atoms with E-state index in [2.05, 4.69) is 5.32 Å². The molecule has 0 radical (unpaired) electrons. The molecule has 9 heteroatoms. The number of para-hydroxylation sites is 1. The zero-order valence-electron chi connectivity index (χ0n) is 15.3. The Morgan fingerprint density at radius 3 is 2.76 bits per heavy atom. The number of thioether (sulfide) groups is 1. The third kappa shape index (κ3) is 5.30. The minimum absolute atomic E-state index is 0.0767. The molecule has 1 heterocycles. The lowest BCUT2D eigenvalue weighted by atomic mass is 10.2. The van der Waals surface area contributed by atoms with Crippen LogP contribution in [-0.4, -0.2) is 34.7 Å². The van der Waals surface area contributed by atoms with E-state index in [0.29, 0.717) is 30.7 Å². The van der Waals surface area contributed by atoms with Gasteiger partial charge in [0.05, 0.1) is 22.7 Å². The van der Waals surface area contributed by atoms with Crippen LogP contribution in [-0.2, 0) is 9.59 Å². The summed E-state index contributed by atoms with van der Waals surface area (Å²) < 4.78 is 5.72. The molecule has 1 aliphatic rings. The number of rotatable bonds is 6. The zero-order valence-corrected chi connectivity index (χ0v) is 18.4. The van der Waals surface area contributed by atoms with Gasteiger partial charge in [-0.25, -0.2) is 0 Å². The van der Waals surface area contributed by atoms with Gasteiger partial charge >= 0.3 is 0 Å². The number of anilines is 1. The predicted molar refractivity (Wildman–Crippen MR) is 123 cm³/mol. The lowest BCUT2D eigenvalue weighted by molar-refractivity contribution is -0.122. The molecule has 0 spiro atoms. The summed E-state index contributed by atoms with van der Waals surface area (Å²) in [5.74, 6) is 0.150. The summed E-state index contributed by atoms with van der Waals surface area (Å²) in [4.78, 5) is 26.9. The van der Waals surface area contributed by atoms with Crippen LogP contribution in [0.3, 0.4) is 0 Å². The van der Waals surface area contributed by atoms with E-state index in [1.54, 1.807) is 31.4 Å². The first-order valence-electron chi connectivity index (χ1n) is 8.52. The standard InChI is InChI=1S/C20H16Cl2N2O3S2/c1-27-16-5-3-2-4-12(16)10-17-19(26)24(20(28)29-17)9-8-18(25)23-15-7-6-13(21)11-14(15)22/h2-7,10-11H,8-9H2,1H3,(H,23,25). The quantitative estimate of drug-likeness (QED) is 0.466. The molecule has 3 rings (SSSR count). The molecule has 29 heavy (non-hydrogen) atoms. The third-order valence-corrected chi connectivity index (χ3v) is 5.99. The minimum Gasteiger partial charge on any atom is -0.496 e. The Bertz CT molecular complexity index is 1010. The van der Waals surface area contributed by atoms with Crippen LogP contribution < -0.4 is 10.1 Å². The Morgan fingerprint density at radius 2 is 2.03 bits per heavy atom. The summed E-state index contributed by atoms with van der Waals surface area (Å²) in [5, 5.41) is 3.53. The topological polar surface area (TPSA) is 58.6 Å². The Morgan fingerprint density at radius 1 is 1.28 bits per heavy atom. The number of hydrogen-bond donors (Lipinski definition) is 1. The lowest BCUT2D eigenvalue weighted by Crippen LogP contribution is -2.31. The summed E-state index contributed by atoms with van der Waals surface area (Å²) in [5.41, 5.74) is 1.24. The van der Waals surface area contributed by atoms with Crippen molar-refractivity contribution in [3.63, 3.8) is 0 Å². The van der Waals surface area contributed by atoms with E-state index in [1.807, 2.05) is 24.3 Å². The molecule has 0 saturated carbocycles. The van der Waals surface area contributed by atoms with Gasteiger partial charge in [0.2, 0.25) is 5.91 Å². The van der Waals surface area contributed by atoms with Gasteiger partial charge < -0.3 is 10.1 Å². The highest BCUT2D eigenvalue weighted by atomic mass is 35.5. The van der Waals surface area contributed by atoms with Crippen molar-refractivity contribution in [2.45, 2.75) is 6.42 Å². The van der Waals surface area contributed by atoms with E-state index in [0.717, 1.165) is 5.56 Å². The number of benzene rings is 2. The van der Waals surface area contributed by atoms with Gasteiger partial charge in [-0.2, -0.15) is 0 Å². The van der Waals surface area contributed by atoms with Crippen LogP contribution in [0, 0.1) is 0 Å². The van der Waals surface area contributed by atoms with Crippen molar-refractivity contribution >= 4 is 75.1 Å². The number of methoxy groups -OCH3 is 1. The largest absolute Gasteiger partial charge is 0.496 e. The smallest absolute Gasteiger partial charge is 0.266 e. The van der Waals surface area contributed by atoms with Crippen molar-refractivity contribution in [2.75, 3.05) is 19.0 Å². The Kier molecular flexibility index (Phi) is 7.18. The van der Waals surface area contributed by atoms with Crippen LogP contribution in [0.25, 0.3) is 6.08 Å². The van der Waals surface area contributed by atoms with Crippen LogP contribution in [0.4, 0.5) is 5.69 Å². The number of ether oxygens (including phenoxy) is 1. The van der Waals surface area contributed by atoms with E-state index in [-0.39, 0.29) is 24.8 Å². The second kappa shape index (κ2) is 9.63. The number of hydrogen-bond acceptors (Lipinski definition) is 5. The number of amides is 2. The van der Waals surface area contributed by atoms with Crippen molar-refractivity contribution in [1.29, 1.82) is 0 Å². The van der Waals surface area contributed by atoms with Gasteiger partial charge in [0, 0.05) is 23.6 Å². The maximum absolute atomic E-state index is 12.7. The summed E-state index contributed by atoms with van der Waals surface area (Å²) >= 11 is 18.4. The van der Waals surface area contributed by atoms with Crippen molar-refractivity contribution in [2.24, 2.45) is 0 Å². The second-order valence-electron chi connectivity index (χ2n) is 6.00. The molecular formula is C20H16Cl2N2O3S2. The van der Waals surface area contributed by atoms with Crippen LogP contribution in [0.2, 0.25) is 10.0 Å². The van der Waals surface area contributed by atoms with E-state index in [1.165, 1.54) is 16.7 Å². The molecule has 0 bridgehead atoms. The molecule has 0 atom stereocenters. The highest BCUT2D eigenvalue weighted by Crippen LogP contribution is 2.34. The van der Waals surface area contributed by atoms with Gasteiger partial charge in [-0.3, -0.25) is 14.5 Å². The molecule has 5 nitrogen and oxygen atoms in total. The summed E-state index contributed by atoms with van der Waals surface area (Å²) in [7, 11) is 1.57. The first-order valence-corrected chi connectivity index (χ1v) is 10.5. The van der Waals surface area contributed by atoms with Crippen molar-refractivity contribution in [3.05, 3.63) is 63.0 Å². The van der Waals surface area contributed by atoms with E-state index >= 15 is 0 Å². The number of thiocarbonyl (C=S) groups is 1. The average molecular weight is 467 g/mol. The van der Waals surface area contributed by atoms with Crippen molar-refractivity contribution in [1.82, 2.24) is 4.90 Å². The maximum atomic E-state index is 12.7. The number of nitrogens with zero attached hydrogens (tertiary/aromatic N) is 1. The number of halogens is 2. The Hall–Kier alpha value is -2.06. The molecule has 0 aromatic heterocycles. The van der Waals surface area contributed by atoms with Gasteiger partial charge in [0.1, 0.15) is 10.1 Å². The van der Waals surface area contributed by atoms with Gasteiger partial charge in [-0.15, -0.1) is 0 Å². The lowest BCUT2D eigenvalue weighted by Gasteiger charge is -2.14. The maximum Gasteiger partial charge on any atom is 0.266 e. The molecule has 0 aliphatic carbocycles. The van der Waals surface area contributed by atoms with Crippen LogP contribution in [0.1, 0.15) is 12.0 Å². The van der Waals surface area contributed by atoms with E-state index in [4.69, 9.17) is 40.2 Å². The summed E-state index contributed by atoms with van der Waals surface area (Å²) in [6.07, 6.45) is 1.82. The van der Waals surface area contributed by atoms with Gasteiger partial charge in [0.25, 0.3) is 5.91 Å². The minimum atomic E-state index is -0.281. The monoisotopic (exact) mass is 466 g/mol. The SMILES string of the molecule is COc1ccccc1C=C1SC(=S)N(CCC(=O)Nc2ccc(Cl)cc2Cl)C1=O. The summed E-state index contributed by atoms with van der Waals surface area (Å²) in [6, 6.07) is 12.2. The van der Waals surface area contributed by atoms with Crippen LogP contribution >= 0.6 is 47.2 Å². The van der Waals surface area contributed by atoms with Crippen molar-refractivity contribution in [3.8, 4) is 5.75 Å². The molecule has 1 saturated heterocycles. The van der Waals surface area contributed by atoms with Gasteiger partial charge in [0.15, 0.2) is 0 Å². The van der Waals surface area contributed by atoms with Crippen LogP contribution in [0.5, 0.6) is 5.75 Å². The van der Waals surface area contributed by atoms with Crippen LogP contribution in [0.15, 0.2) is 47.4 Å². The molecule has 150 valence electrons. The molecule has 2 aromatic rings. The molecule has 1 aliphatic heterocycles. The predicted octanol–water partition coefficient (Wildman–Crippen LogP) is 5.23. The van der Waals surface area contributed by atoms with Gasteiger partial charge in [-0.1, -0.05) is 65.4 Å². The molecule has 2 aromatic carbocycles. The fraction of sp³-hybridized carbons (Fsp3) is 0.150. The second-order valence-corrected chi connectivity index (χ2v) is 8.52. The van der Waals surface area contributed by atoms with Crippen molar-refractivity contribution < 1.29 is 14.3 Å². The molecule has 1 N–H and O–H groups in total. The molecule has 1 fully saturated rings. The number of carbonyl (C=O) groups excluding carboxylic acids is 2. The fourth-order valence-corrected chi connectivity index (χ4v) is 4.39. The highest BCUT2D eigenvalue weighted by Gasteiger charge is 2.32. The summed E-state index contributed by atoms with van der Waals surface area (Å²) in [6.45, 7) is 0.172. The average Bonchev–Trinajstić information content (AvgIpc) is 2.95. The van der Waals surface area contributed by atoms with Gasteiger partial charge in [-0.05, 0) is 30.3 Å². The third-order valence-electron chi connectivity index (χ3n) is 4.07. The van der Waals surface area contributed by atoms with E-state index < -0.39 is 0 Å². The highest BCUT2D eigenvalue weighted by molar-refractivity contribution is 8.26. The number of carbonyl (C=O) groups is 2. The molecule has 2 amide bonds. The number of nitrogens with one attached hydrogen (secondary N) is 1. The first-order chi connectivity index (χ1) is 13.9. The Labute approximate surface area is 188 Å². The Balaban J connectivity index is 1.64. The fourth-order valence-electron chi connectivity index (χ4n) is 2.64. The zero-order chi connectivity index (χ0) is 21.0. The van der Waals surface area contributed by atoms with E-state index in [9.17, 15) is 9.59 Å². The molecular weight excluding hydrogens is 451 g/mol.